The van der Waals surface area contributed by atoms with E-state index in [0.717, 1.165) is 12.8 Å². The Bertz CT molecular complexity index is 280. The van der Waals surface area contributed by atoms with Crippen molar-refractivity contribution in [1.82, 2.24) is 0 Å². The molecule has 0 rings (SSSR count). The van der Waals surface area contributed by atoms with E-state index in [4.69, 9.17) is 9.47 Å². The molecule has 0 aliphatic heterocycles. The Hall–Kier alpha value is -0.570. The van der Waals surface area contributed by atoms with Crippen LogP contribution in [0.3, 0.4) is 0 Å². The Morgan fingerprint density at radius 1 is 1.15 bits per heavy atom. The first-order chi connectivity index (χ1) is 9.22. The van der Waals surface area contributed by atoms with Crippen molar-refractivity contribution >= 4 is 5.97 Å². The molecule has 120 valence electrons. The number of methoxy groups -OCH3 is 1. The molecule has 0 N–H and O–H groups in total. The summed E-state index contributed by atoms with van der Waals surface area (Å²) in [5.41, 5.74) is -0.796. The summed E-state index contributed by atoms with van der Waals surface area (Å²) in [4.78, 5) is 12.5. The Kier molecular flexibility index (Phi) is 8.41. The SMILES string of the molecule is CCCCC(CC)COC(=O)C(C)(COC)C(C)(C)C. The number of hydrogen-bond donors (Lipinski definition) is 0. The van der Waals surface area contributed by atoms with Crippen LogP contribution in [0.4, 0.5) is 0 Å². The molecular formula is C17H34O3. The van der Waals surface area contributed by atoms with Crippen molar-refractivity contribution < 1.29 is 14.3 Å². The van der Waals surface area contributed by atoms with Gasteiger partial charge in [-0.1, -0.05) is 53.9 Å². The predicted octanol–water partition coefficient (Wildman–Crippen LogP) is 4.44. The highest BCUT2D eigenvalue weighted by Gasteiger charge is 2.45. The van der Waals surface area contributed by atoms with E-state index in [9.17, 15) is 4.79 Å². The highest BCUT2D eigenvalue weighted by atomic mass is 16.5. The molecule has 2 atom stereocenters. The fourth-order valence-corrected chi connectivity index (χ4v) is 2.12. The summed E-state index contributed by atoms with van der Waals surface area (Å²) in [6, 6.07) is 0. The topological polar surface area (TPSA) is 35.5 Å². The van der Waals surface area contributed by atoms with Gasteiger partial charge in [-0.2, -0.15) is 0 Å². The van der Waals surface area contributed by atoms with Crippen LogP contribution in [-0.4, -0.2) is 26.3 Å². The molecule has 0 saturated heterocycles. The van der Waals surface area contributed by atoms with Crippen molar-refractivity contribution in [3.63, 3.8) is 0 Å². The van der Waals surface area contributed by atoms with Gasteiger partial charge in [-0.25, -0.2) is 0 Å². The smallest absolute Gasteiger partial charge is 0.314 e. The van der Waals surface area contributed by atoms with Crippen LogP contribution in [0.1, 0.15) is 67.2 Å². The Labute approximate surface area is 125 Å². The minimum Gasteiger partial charge on any atom is -0.465 e. The Morgan fingerprint density at radius 3 is 2.15 bits per heavy atom. The molecule has 0 radical (unpaired) electrons. The maximum Gasteiger partial charge on any atom is 0.314 e. The second kappa shape index (κ2) is 8.66. The zero-order valence-electron chi connectivity index (χ0n) is 14.5. The largest absolute Gasteiger partial charge is 0.465 e. The van der Waals surface area contributed by atoms with Gasteiger partial charge in [0.1, 0.15) is 0 Å². The molecule has 3 nitrogen and oxygen atoms in total. The van der Waals surface area contributed by atoms with Gasteiger partial charge in [0.25, 0.3) is 0 Å². The van der Waals surface area contributed by atoms with Crippen LogP contribution in [0.15, 0.2) is 0 Å². The van der Waals surface area contributed by atoms with Crippen LogP contribution >= 0.6 is 0 Å². The lowest BCUT2D eigenvalue weighted by Gasteiger charge is -2.39. The summed E-state index contributed by atoms with van der Waals surface area (Å²) in [6.07, 6.45) is 4.58. The van der Waals surface area contributed by atoms with Gasteiger partial charge in [-0.05, 0) is 24.7 Å². The van der Waals surface area contributed by atoms with Gasteiger partial charge in [0.15, 0.2) is 0 Å². The van der Waals surface area contributed by atoms with E-state index in [2.05, 4.69) is 34.6 Å². The highest BCUT2D eigenvalue weighted by molar-refractivity contribution is 5.77. The lowest BCUT2D eigenvalue weighted by atomic mass is 9.68. The maximum absolute atomic E-state index is 12.5. The molecule has 0 aromatic heterocycles. The predicted molar refractivity (Wildman–Crippen MR) is 83.7 cm³/mol. The molecule has 3 heteroatoms. The molecular weight excluding hydrogens is 252 g/mol. The maximum atomic E-state index is 12.5. The van der Waals surface area contributed by atoms with Crippen molar-refractivity contribution in [2.45, 2.75) is 67.2 Å². The molecule has 0 saturated carbocycles. The summed E-state index contributed by atoms with van der Waals surface area (Å²) >= 11 is 0. The van der Waals surface area contributed by atoms with Crippen LogP contribution < -0.4 is 0 Å². The normalized spacial score (nSPS) is 16.6. The third kappa shape index (κ3) is 5.43. The van der Waals surface area contributed by atoms with Gasteiger partial charge in [0, 0.05) is 7.11 Å². The Morgan fingerprint density at radius 2 is 1.75 bits per heavy atom. The summed E-state index contributed by atoms with van der Waals surface area (Å²) in [7, 11) is 1.63. The number of unbranched alkanes of at least 4 members (excludes halogenated alkanes) is 1. The van der Waals surface area contributed by atoms with E-state index in [0.29, 0.717) is 19.1 Å². The van der Waals surface area contributed by atoms with E-state index < -0.39 is 5.41 Å². The van der Waals surface area contributed by atoms with E-state index in [1.165, 1.54) is 12.8 Å². The van der Waals surface area contributed by atoms with Crippen LogP contribution in [0.2, 0.25) is 0 Å². The molecule has 0 fully saturated rings. The van der Waals surface area contributed by atoms with E-state index in [-0.39, 0.29) is 11.4 Å². The highest BCUT2D eigenvalue weighted by Crippen LogP contribution is 2.39. The first-order valence-electron chi connectivity index (χ1n) is 7.89. The van der Waals surface area contributed by atoms with E-state index >= 15 is 0 Å². The van der Waals surface area contributed by atoms with Crippen molar-refractivity contribution in [3.8, 4) is 0 Å². The summed E-state index contributed by atoms with van der Waals surface area (Å²) < 4.78 is 10.9. The summed E-state index contributed by atoms with van der Waals surface area (Å²) in [5, 5.41) is 0. The van der Waals surface area contributed by atoms with Gasteiger partial charge >= 0.3 is 5.97 Å². The molecule has 0 heterocycles. The average molecular weight is 286 g/mol. The first kappa shape index (κ1) is 19.4. The minimum atomic E-state index is -0.606. The summed E-state index contributed by atoms with van der Waals surface area (Å²) in [6.45, 7) is 13.4. The molecule has 20 heavy (non-hydrogen) atoms. The second-order valence-corrected chi connectivity index (χ2v) is 7.03. The fourth-order valence-electron chi connectivity index (χ4n) is 2.12. The van der Waals surface area contributed by atoms with Crippen LogP contribution in [-0.2, 0) is 14.3 Å². The van der Waals surface area contributed by atoms with Gasteiger partial charge in [-0.15, -0.1) is 0 Å². The number of rotatable bonds is 9. The quantitative estimate of drug-likeness (QED) is 0.588. The van der Waals surface area contributed by atoms with Crippen LogP contribution in [0, 0.1) is 16.7 Å². The van der Waals surface area contributed by atoms with Crippen LogP contribution in [0.25, 0.3) is 0 Å². The van der Waals surface area contributed by atoms with Gasteiger partial charge in [0.2, 0.25) is 0 Å². The third-order valence-corrected chi connectivity index (χ3v) is 4.53. The van der Waals surface area contributed by atoms with Gasteiger partial charge < -0.3 is 9.47 Å². The number of ether oxygens (including phenoxy) is 2. The molecule has 0 spiro atoms. The summed E-state index contributed by atoms with van der Waals surface area (Å²) in [5.74, 6) is 0.340. The number of hydrogen-bond acceptors (Lipinski definition) is 3. The molecule has 0 amide bonds. The van der Waals surface area contributed by atoms with E-state index in [1.54, 1.807) is 7.11 Å². The van der Waals surface area contributed by atoms with E-state index in [1.807, 2.05) is 6.92 Å². The lowest BCUT2D eigenvalue weighted by molar-refractivity contribution is -0.168. The Balaban J connectivity index is 4.62. The van der Waals surface area contributed by atoms with Crippen molar-refractivity contribution in [3.05, 3.63) is 0 Å². The van der Waals surface area contributed by atoms with Crippen LogP contribution in [0.5, 0.6) is 0 Å². The van der Waals surface area contributed by atoms with Crippen molar-refractivity contribution in [2.24, 2.45) is 16.7 Å². The zero-order valence-corrected chi connectivity index (χ0v) is 14.5. The molecule has 0 aromatic rings. The molecule has 0 aromatic carbocycles. The monoisotopic (exact) mass is 286 g/mol. The number of carbonyl (C=O) groups excluding carboxylic acids is 1. The molecule has 0 bridgehead atoms. The fraction of sp³-hybridized carbons (Fsp3) is 0.941. The third-order valence-electron chi connectivity index (χ3n) is 4.53. The number of carbonyl (C=O) groups is 1. The van der Waals surface area contributed by atoms with Gasteiger partial charge in [-0.3, -0.25) is 4.79 Å². The molecule has 2 unspecified atom stereocenters. The zero-order chi connectivity index (χ0) is 15.8. The second-order valence-electron chi connectivity index (χ2n) is 7.03. The van der Waals surface area contributed by atoms with Gasteiger partial charge in [0.05, 0.1) is 18.6 Å². The average Bonchev–Trinajstić information content (AvgIpc) is 2.37. The number of esters is 1. The van der Waals surface area contributed by atoms with Crippen molar-refractivity contribution in [1.29, 1.82) is 0 Å². The van der Waals surface area contributed by atoms with Crippen molar-refractivity contribution in [2.75, 3.05) is 20.3 Å². The standard InChI is InChI=1S/C17H34O3/c1-8-10-11-14(9-2)12-20-15(18)17(6,13-19-7)16(3,4)5/h14H,8-13H2,1-7H3. The molecule has 0 aliphatic rings. The first-order valence-corrected chi connectivity index (χ1v) is 7.89. The molecule has 0 aliphatic carbocycles. The minimum absolute atomic E-state index is 0.137. The lowest BCUT2D eigenvalue weighted by Crippen LogP contribution is -2.45.